The summed E-state index contributed by atoms with van der Waals surface area (Å²) in [5.74, 6) is 0.112. The van der Waals surface area contributed by atoms with E-state index in [0.717, 1.165) is 15.6 Å². The highest BCUT2D eigenvalue weighted by Crippen LogP contribution is 2.21. The average molecular weight is 385 g/mol. The van der Waals surface area contributed by atoms with Crippen molar-refractivity contribution < 1.29 is 4.79 Å². The SMILES string of the molecule is CC(Br)C(=O)c1cc(Br)ccc1CBr. The van der Waals surface area contributed by atoms with Gasteiger partial charge in [0.25, 0.3) is 0 Å². The number of hydrogen-bond donors (Lipinski definition) is 0. The summed E-state index contributed by atoms with van der Waals surface area (Å²) >= 11 is 10.0. The Morgan fingerprint density at radius 2 is 2.14 bits per heavy atom. The predicted molar refractivity (Wildman–Crippen MR) is 69.5 cm³/mol. The Labute approximate surface area is 109 Å². The minimum atomic E-state index is -0.144. The molecule has 0 saturated heterocycles. The van der Waals surface area contributed by atoms with Gasteiger partial charge in [0.1, 0.15) is 0 Å². The lowest BCUT2D eigenvalue weighted by Gasteiger charge is -2.08. The summed E-state index contributed by atoms with van der Waals surface area (Å²) in [7, 11) is 0. The molecule has 1 rings (SSSR count). The van der Waals surface area contributed by atoms with Crippen molar-refractivity contribution in [1.29, 1.82) is 0 Å². The highest BCUT2D eigenvalue weighted by Gasteiger charge is 2.15. The molecule has 1 aromatic carbocycles. The Kier molecular flexibility index (Phi) is 4.80. The zero-order valence-electron chi connectivity index (χ0n) is 7.56. The topological polar surface area (TPSA) is 17.1 Å². The molecule has 0 fully saturated rings. The van der Waals surface area contributed by atoms with Crippen LogP contribution in [-0.2, 0) is 5.33 Å². The van der Waals surface area contributed by atoms with Crippen LogP contribution in [0.4, 0.5) is 0 Å². The van der Waals surface area contributed by atoms with E-state index < -0.39 is 0 Å². The van der Waals surface area contributed by atoms with E-state index in [1.165, 1.54) is 0 Å². The van der Waals surface area contributed by atoms with Crippen LogP contribution in [0.1, 0.15) is 22.8 Å². The Morgan fingerprint density at radius 1 is 1.50 bits per heavy atom. The Hall–Kier alpha value is 0.330. The van der Waals surface area contributed by atoms with E-state index >= 15 is 0 Å². The van der Waals surface area contributed by atoms with Crippen LogP contribution in [0.2, 0.25) is 0 Å². The summed E-state index contributed by atoms with van der Waals surface area (Å²) in [6.45, 7) is 1.83. The molecule has 0 radical (unpaired) electrons. The van der Waals surface area contributed by atoms with Crippen LogP contribution in [0.15, 0.2) is 22.7 Å². The van der Waals surface area contributed by atoms with Gasteiger partial charge in [-0.15, -0.1) is 0 Å². The first-order chi connectivity index (χ1) is 6.56. The lowest BCUT2D eigenvalue weighted by Crippen LogP contribution is -2.12. The second-order valence-electron chi connectivity index (χ2n) is 2.92. The van der Waals surface area contributed by atoms with E-state index in [9.17, 15) is 4.79 Å². The smallest absolute Gasteiger partial charge is 0.176 e. The maximum Gasteiger partial charge on any atom is 0.176 e. The third kappa shape index (κ3) is 2.91. The van der Waals surface area contributed by atoms with E-state index in [4.69, 9.17) is 0 Å². The average Bonchev–Trinajstić information content (AvgIpc) is 2.16. The number of alkyl halides is 2. The van der Waals surface area contributed by atoms with Crippen molar-refractivity contribution in [2.24, 2.45) is 0 Å². The predicted octanol–water partition coefficient (Wildman–Crippen LogP) is 4.31. The fraction of sp³-hybridized carbons (Fsp3) is 0.300. The fourth-order valence-electron chi connectivity index (χ4n) is 1.11. The van der Waals surface area contributed by atoms with Crippen molar-refractivity contribution in [3.63, 3.8) is 0 Å². The van der Waals surface area contributed by atoms with Crippen molar-refractivity contribution in [3.8, 4) is 0 Å². The van der Waals surface area contributed by atoms with E-state index in [1.54, 1.807) is 0 Å². The number of rotatable bonds is 3. The first-order valence-corrected chi connectivity index (χ1v) is 6.92. The van der Waals surface area contributed by atoms with Gasteiger partial charge in [0.2, 0.25) is 0 Å². The molecule has 76 valence electrons. The van der Waals surface area contributed by atoms with E-state index in [1.807, 2.05) is 25.1 Å². The Morgan fingerprint density at radius 3 is 2.64 bits per heavy atom. The molecule has 1 atom stereocenters. The van der Waals surface area contributed by atoms with E-state index in [-0.39, 0.29) is 10.6 Å². The fourth-order valence-corrected chi connectivity index (χ4v) is 2.21. The molecule has 0 aliphatic carbocycles. The molecular formula is C10H9Br3O. The van der Waals surface area contributed by atoms with Gasteiger partial charge in [-0.25, -0.2) is 0 Å². The van der Waals surface area contributed by atoms with Crippen LogP contribution in [-0.4, -0.2) is 10.6 Å². The number of ketones is 1. The zero-order chi connectivity index (χ0) is 10.7. The second kappa shape index (κ2) is 5.42. The normalized spacial score (nSPS) is 12.6. The summed E-state index contributed by atoms with van der Waals surface area (Å²) in [6, 6.07) is 5.74. The lowest BCUT2D eigenvalue weighted by molar-refractivity contribution is 0.0995. The molecule has 0 heterocycles. The van der Waals surface area contributed by atoms with Crippen molar-refractivity contribution in [1.82, 2.24) is 0 Å². The molecule has 0 saturated carbocycles. The second-order valence-corrected chi connectivity index (χ2v) is 5.77. The van der Waals surface area contributed by atoms with Crippen LogP contribution in [0.25, 0.3) is 0 Å². The highest BCUT2D eigenvalue weighted by atomic mass is 79.9. The van der Waals surface area contributed by atoms with Gasteiger partial charge < -0.3 is 0 Å². The van der Waals surface area contributed by atoms with Crippen LogP contribution >= 0.6 is 47.8 Å². The number of benzene rings is 1. The number of hydrogen-bond acceptors (Lipinski definition) is 1. The van der Waals surface area contributed by atoms with Crippen LogP contribution < -0.4 is 0 Å². The minimum Gasteiger partial charge on any atom is -0.293 e. The van der Waals surface area contributed by atoms with Crippen LogP contribution in [0.3, 0.4) is 0 Å². The molecule has 0 aliphatic rings. The van der Waals surface area contributed by atoms with Gasteiger partial charge in [0.05, 0.1) is 4.83 Å². The van der Waals surface area contributed by atoms with Crippen molar-refractivity contribution in [2.75, 3.05) is 0 Å². The van der Waals surface area contributed by atoms with Gasteiger partial charge in [0, 0.05) is 15.4 Å². The third-order valence-electron chi connectivity index (χ3n) is 1.84. The Balaban J connectivity index is 3.17. The molecule has 0 amide bonds. The Bertz CT molecular complexity index is 347. The summed E-state index contributed by atoms with van der Waals surface area (Å²) in [6.07, 6.45) is 0. The van der Waals surface area contributed by atoms with Gasteiger partial charge >= 0.3 is 0 Å². The first kappa shape index (κ1) is 12.4. The largest absolute Gasteiger partial charge is 0.293 e. The summed E-state index contributed by atoms with van der Waals surface area (Å²) in [5.41, 5.74) is 1.78. The van der Waals surface area contributed by atoms with Gasteiger partial charge in [-0.2, -0.15) is 0 Å². The van der Waals surface area contributed by atoms with Gasteiger partial charge in [0.15, 0.2) is 5.78 Å². The summed E-state index contributed by atoms with van der Waals surface area (Å²) in [5, 5.41) is 0.696. The number of halogens is 3. The molecule has 0 N–H and O–H groups in total. The van der Waals surface area contributed by atoms with Crippen LogP contribution in [0, 0.1) is 0 Å². The number of Topliss-reactive ketones (excluding diaryl/α,β-unsaturated/α-hetero) is 1. The van der Waals surface area contributed by atoms with E-state index in [2.05, 4.69) is 47.8 Å². The van der Waals surface area contributed by atoms with Crippen molar-refractivity contribution in [2.45, 2.75) is 17.1 Å². The van der Waals surface area contributed by atoms with Gasteiger partial charge in [-0.1, -0.05) is 53.9 Å². The summed E-state index contributed by atoms with van der Waals surface area (Å²) < 4.78 is 0.929. The molecule has 0 spiro atoms. The quantitative estimate of drug-likeness (QED) is 0.560. The maximum absolute atomic E-state index is 11.8. The monoisotopic (exact) mass is 382 g/mol. The molecule has 1 nitrogen and oxygen atoms in total. The van der Waals surface area contributed by atoms with Crippen LogP contribution in [0.5, 0.6) is 0 Å². The molecule has 0 aliphatic heterocycles. The minimum absolute atomic E-state index is 0.112. The highest BCUT2D eigenvalue weighted by molar-refractivity contribution is 9.10. The van der Waals surface area contributed by atoms with E-state index in [0.29, 0.717) is 5.33 Å². The molecule has 0 aromatic heterocycles. The molecule has 14 heavy (non-hydrogen) atoms. The number of carbonyl (C=O) groups excluding carboxylic acids is 1. The molecular weight excluding hydrogens is 376 g/mol. The van der Waals surface area contributed by atoms with Crippen molar-refractivity contribution in [3.05, 3.63) is 33.8 Å². The number of carbonyl (C=O) groups is 1. The lowest BCUT2D eigenvalue weighted by atomic mass is 10.0. The van der Waals surface area contributed by atoms with Gasteiger partial charge in [-0.05, 0) is 24.6 Å². The molecule has 0 bridgehead atoms. The maximum atomic E-state index is 11.8. The zero-order valence-corrected chi connectivity index (χ0v) is 12.3. The summed E-state index contributed by atoms with van der Waals surface area (Å²) in [4.78, 5) is 11.6. The molecule has 1 unspecified atom stereocenters. The molecule has 1 aromatic rings. The molecule has 4 heteroatoms. The third-order valence-corrected chi connectivity index (χ3v) is 3.36. The first-order valence-electron chi connectivity index (χ1n) is 4.09. The van der Waals surface area contributed by atoms with Gasteiger partial charge in [-0.3, -0.25) is 4.79 Å². The van der Waals surface area contributed by atoms with Crippen molar-refractivity contribution >= 4 is 53.6 Å². The standard InChI is InChI=1S/C10H9Br3O/c1-6(12)10(14)9-4-8(13)3-2-7(9)5-11/h2-4,6H,5H2,1H3.